The van der Waals surface area contributed by atoms with Crippen LogP contribution in [0.5, 0.6) is 0 Å². The van der Waals surface area contributed by atoms with Gasteiger partial charge in [-0.15, -0.1) is 5.10 Å². The number of nitrogens with one attached hydrogen (secondary N) is 1. The SMILES string of the molecule is CCC(=O)NCCOCCOCCn1cc(C)nn1. The van der Waals surface area contributed by atoms with Crippen LogP contribution in [-0.4, -0.2) is 53.9 Å². The standard InChI is InChI=1S/C12H22N4O3/c1-3-12(17)13-4-6-18-8-9-19-7-5-16-10-11(2)14-15-16/h10H,3-9H2,1-2H3,(H,13,17). The van der Waals surface area contributed by atoms with Gasteiger partial charge in [0.15, 0.2) is 0 Å². The van der Waals surface area contributed by atoms with Crippen molar-refractivity contribution in [2.45, 2.75) is 26.8 Å². The summed E-state index contributed by atoms with van der Waals surface area (Å²) in [6.45, 7) is 7.11. The van der Waals surface area contributed by atoms with Crippen molar-refractivity contribution in [1.82, 2.24) is 20.3 Å². The maximum atomic E-state index is 10.9. The minimum atomic E-state index is 0.0444. The Morgan fingerprint density at radius 2 is 2.05 bits per heavy atom. The van der Waals surface area contributed by atoms with E-state index >= 15 is 0 Å². The Kier molecular flexibility index (Phi) is 7.76. The highest BCUT2D eigenvalue weighted by atomic mass is 16.5. The lowest BCUT2D eigenvalue weighted by Gasteiger charge is -2.06. The first kappa shape index (κ1) is 15.6. The van der Waals surface area contributed by atoms with Gasteiger partial charge < -0.3 is 14.8 Å². The predicted octanol–water partition coefficient (Wildman–Crippen LogP) is 0.146. The molecule has 0 aliphatic carbocycles. The molecule has 7 heteroatoms. The summed E-state index contributed by atoms with van der Waals surface area (Å²) in [6.07, 6.45) is 2.38. The van der Waals surface area contributed by atoms with E-state index < -0.39 is 0 Å². The van der Waals surface area contributed by atoms with Gasteiger partial charge in [0.25, 0.3) is 0 Å². The second kappa shape index (κ2) is 9.46. The molecule has 0 saturated carbocycles. The van der Waals surface area contributed by atoms with Crippen molar-refractivity contribution >= 4 is 5.91 Å². The average molecular weight is 270 g/mol. The van der Waals surface area contributed by atoms with Crippen LogP contribution >= 0.6 is 0 Å². The number of amides is 1. The maximum Gasteiger partial charge on any atom is 0.219 e. The van der Waals surface area contributed by atoms with Crippen molar-refractivity contribution in [3.8, 4) is 0 Å². The zero-order chi connectivity index (χ0) is 13.9. The van der Waals surface area contributed by atoms with Crippen LogP contribution in [-0.2, 0) is 20.8 Å². The zero-order valence-corrected chi connectivity index (χ0v) is 11.6. The van der Waals surface area contributed by atoms with Crippen LogP contribution in [0.3, 0.4) is 0 Å². The third-order valence-corrected chi connectivity index (χ3v) is 2.38. The van der Waals surface area contributed by atoms with Crippen molar-refractivity contribution in [2.75, 3.05) is 33.0 Å². The number of carbonyl (C=O) groups is 1. The van der Waals surface area contributed by atoms with Crippen molar-refractivity contribution in [1.29, 1.82) is 0 Å². The third kappa shape index (κ3) is 7.53. The van der Waals surface area contributed by atoms with Crippen LogP contribution in [0.1, 0.15) is 19.0 Å². The maximum absolute atomic E-state index is 10.9. The molecule has 0 radical (unpaired) electrons. The first-order valence-electron chi connectivity index (χ1n) is 6.51. The smallest absolute Gasteiger partial charge is 0.219 e. The lowest BCUT2D eigenvalue weighted by atomic mass is 10.4. The van der Waals surface area contributed by atoms with Gasteiger partial charge in [-0.2, -0.15) is 0 Å². The van der Waals surface area contributed by atoms with Crippen molar-refractivity contribution < 1.29 is 14.3 Å². The van der Waals surface area contributed by atoms with Crippen LogP contribution in [0, 0.1) is 6.92 Å². The molecule has 0 bridgehead atoms. The molecule has 0 unspecified atom stereocenters. The summed E-state index contributed by atoms with van der Waals surface area (Å²) in [5.74, 6) is 0.0444. The van der Waals surface area contributed by atoms with Crippen molar-refractivity contribution in [3.63, 3.8) is 0 Å². The molecule has 19 heavy (non-hydrogen) atoms. The fraction of sp³-hybridized carbons (Fsp3) is 0.750. The number of aromatic nitrogens is 3. The van der Waals surface area contributed by atoms with Crippen LogP contribution in [0.25, 0.3) is 0 Å². The largest absolute Gasteiger partial charge is 0.377 e. The van der Waals surface area contributed by atoms with E-state index in [0.717, 1.165) is 5.69 Å². The number of nitrogens with zero attached hydrogens (tertiary/aromatic N) is 3. The Morgan fingerprint density at radius 1 is 1.32 bits per heavy atom. The molecule has 1 N–H and O–H groups in total. The first-order valence-corrected chi connectivity index (χ1v) is 6.51. The highest BCUT2D eigenvalue weighted by molar-refractivity contribution is 5.75. The van der Waals surface area contributed by atoms with E-state index in [-0.39, 0.29) is 5.91 Å². The molecule has 0 aromatic carbocycles. The molecule has 0 saturated heterocycles. The highest BCUT2D eigenvalue weighted by Crippen LogP contribution is 1.89. The minimum Gasteiger partial charge on any atom is -0.377 e. The fourth-order valence-electron chi connectivity index (χ4n) is 1.37. The molecule has 1 amide bonds. The van der Waals surface area contributed by atoms with Crippen molar-refractivity contribution in [2.24, 2.45) is 0 Å². The molecular formula is C12H22N4O3. The number of rotatable bonds is 10. The van der Waals surface area contributed by atoms with E-state index in [1.54, 1.807) is 4.68 Å². The van der Waals surface area contributed by atoms with Crippen LogP contribution in [0.4, 0.5) is 0 Å². The summed E-state index contributed by atoms with van der Waals surface area (Å²) in [4.78, 5) is 10.9. The van der Waals surface area contributed by atoms with Crippen molar-refractivity contribution in [3.05, 3.63) is 11.9 Å². The second-order valence-corrected chi connectivity index (χ2v) is 4.05. The average Bonchev–Trinajstić information content (AvgIpc) is 2.82. The van der Waals surface area contributed by atoms with Crippen LogP contribution in [0.2, 0.25) is 0 Å². The van der Waals surface area contributed by atoms with E-state index in [0.29, 0.717) is 45.9 Å². The lowest BCUT2D eigenvalue weighted by molar-refractivity contribution is -0.121. The summed E-state index contributed by atoms with van der Waals surface area (Å²) in [5, 5.41) is 10.5. The van der Waals surface area contributed by atoms with Gasteiger partial charge in [-0.1, -0.05) is 12.1 Å². The Bertz CT molecular complexity index is 368. The monoisotopic (exact) mass is 270 g/mol. The Labute approximate surface area is 113 Å². The van der Waals surface area contributed by atoms with Gasteiger partial charge in [0.2, 0.25) is 5.91 Å². The van der Waals surface area contributed by atoms with E-state index in [9.17, 15) is 4.79 Å². The van der Waals surface area contributed by atoms with Gasteiger partial charge in [-0.05, 0) is 6.92 Å². The lowest BCUT2D eigenvalue weighted by Crippen LogP contribution is -2.26. The molecule has 7 nitrogen and oxygen atoms in total. The van der Waals surface area contributed by atoms with Gasteiger partial charge in [0.05, 0.1) is 38.7 Å². The fourth-order valence-corrected chi connectivity index (χ4v) is 1.37. The number of carbonyl (C=O) groups excluding carboxylic acids is 1. The Balaban J connectivity index is 1.85. The quantitative estimate of drug-likeness (QED) is 0.612. The number of hydrogen-bond acceptors (Lipinski definition) is 5. The van der Waals surface area contributed by atoms with E-state index in [4.69, 9.17) is 9.47 Å². The van der Waals surface area contributed by atoms with Gasteiger partial charge in [-0.25, -0.2) is 4.68 Å². The third-order valence-electron chi connectivity index (χ3n) is 2.38. The molecule has 0 aliphatic heterocycles. The molecule has 1 heterocycles. The molecule has 0 fully saturated rings. The van der Waals surface area contributed by atoms with E-state index in [1.807, 2.05) is 20.0 Å². The van der Waals surface area contributed by atoms with E-state index in [2.05, 4.69) is 15.6 Å². The molecule has 0 spiro atoms. The highest BCUT2D eigenvalue weighted by Gasteiger charge is 1.97. The van der Waals surface area contributed by atoms with Crippen LogP contribution < -0.4 is 5.32 Å². The number of aryl methyl sites for hydroxylation is 1. The summed E-state index contributed by atoms with van der Waals surface area (Å²) in [7, 11) is 0. The number of ether oxygens (including phenoxy) is 2. The topological polar surface area (TPSA) is 78.3 Å². The van der Waals surface area contributed by atoms with Crippen LogP contribution in [0.15, 0.2) is 6.20 Å². The summed E-state index contributed by atoms with van der Waals surface area (Å²) >= 11 is 0. The molecule has 1 rings (SSSR count). The molecule has 0 aliphatic rings. The molecule has 0 atom stereocenters. The zero-order valence-electron chi connectivity index (χ0n) is 11.6. The summed E-state index contributed by atoms with van der Waals surface area (Å²) < 4.78 is 12.5. The second-order valence-electron chi connectivity index (χ2n) is 4.05. The molecule has 108 valence electrons. The normalized spacial score (nSPS) is 10.6. The summed E-state index contributed by atoms with van der Waals surface area (Å²) in [6, 6.07) is 0. The summed E-state index contributed by atoms with van der Waals surface area (Å²) in [5.41, 5.74) is 0.900. The molecule has 1 aromatic rings. The molecule has 1 aromatic heterocycles. The number of hydrogen-bond donors (Lipinski definition) is 1. The van der Waals surface area contributed by atoms with Gasteiger partial charge in [0.1, 0.15) is 0 Å². The van der Waals surface area contributed by atoms with Gasteiger partial charge >= 0.3 is 0 Å². The predicted molar refractivity (Wildman–Crippen MR) is 69.7 cm³/mol. The van der Waals surface area contributed by atoms with E-state index in [1.165, 1.54) is 0 Å². The minimum absolute atomic E-state index is 0.0444. The molecular weight excluding hydrogens is 248 g/mol. The van der Waals surface area contributed by atoms with Gasteiger partial charge in [-0.3, -0.25) is 4.79 Å². The Morgan fingerprint density at radius 3 is 2.68 bits per heavy atom. The first-order chi connectivity index (χ1) is 9.22. The van der Waals surface area contributed by atoms with Gasteiger partial charge in [0, 0.05) is 19.2 Å². The Hall–Kier alpha value is -1.47.